The first kappa shape index (κ1) is 16.2. The van der Waals surface area contributed by atoms with Crippen LogP contribution in [0, 0.1) is 10.1 Å². The van der Waals surface area contributed by atoms with Crippen LogP contribution in [0.4, 0.5) is 17.3 Å². The number of nitro benzene ring substituents is 1. The maximum Gasteiger partial charge on any atom is 0.301 e. The topological polar surface area (TPSA) is 111 Å². The fourth-order valence-corrected chi connectivity index (χ4v) is 3.63. The number of nitrogen functional groups attached to an aromatic ring is 1. The second-order valence-corrected chi connectivity index (χ2v) is 6.39. The van der Waals surface area contributed by atoms with Crippen LogP contribution in [0.5, 0.6) is 0 Å². The summed E-state index contributed by atoms with van der Waals surface area (Å²) in [6, 6.07) is 8.97. The SMILES string of the molecule is Nc1nccc(C2CCCN(c3ccc4ncccc4c3[N+](=O)[O-])C2)n1. The number of rotatable bonds is 3. The standard InChI is InChI=1S/C18H18N6O2/c19-18-21-9-7-14(22-18)12-3-2-10-23(11-12)16-6-5-15-13(4-1-8-20-15)17(16)24(25)26/h1,4-9,12H,2-3,10-11H2,(H2,19,21,22). The van der Waals surface area contributed by atoms with Gasteiger partial charge in [-0.05, 0) is 43.2 Å². The maximum absolute atomic E-state index is 11.8. The zero-order chi connectivity index (χ0) is 18.1. The number of nitro groups is 1. The van der Waals surface area contributed by atoms with Crippen molar-refractivity contribution in [2.45, 2.75) is 18.8 Å². The Balaban J connectivity index is 1.73. The highest BCUT2D eigenvalue weighted by molar-refractivity contribution is 5.94. The van der Waals surface area contributed by atoms with E-state index in [9.17, 15) is 10.1 Å². The molecule has 8 nitrogen and oxygen atoms in total. The monoisotopic (exact) mass is 350 g/mol. The number of benzene rings is 1. The largest absolute Gasteiger partial charge is 0.368 e. The molecule has 0 amide bonds. The average Bonchev–Trinajstić information content (AvgIpc) is 2.67. The molecule has 0 radical (unpaired) electrons. The first-order valence-corrected chi connectivity index (χ1v) is 8.49. The molecule has 0 spiro atoms. The van der Waals surface area contributed by atoms with Gasteiger partial charge in [0.1, 0.15) is 5.69 Å². The molecule has 8 heteroatoms. The molecule has 3 aromatic rings. The molecule has 1 fully saturated rings. The summed E-state index contributed by atoms with van der Waals surface area (Å²) in [5.41, 5.74) is 7.95. The molecule has 26 heavy (non-hydrogen) atoms. The van der Waals surface area contributed by atoms with Crippen LogP contribution in [0.15, 0.2) is 42.7 Å². The van der Waals surface area contributed by atoms with Crippen molar-refractivity contribution in [2.24, 2.45) is 0 Å². The maximum atomic E-state index is 11.8. The van der Waals surface area contributed by atoms with E-state index in [4.69, 9.17) is 5.73 Å². The van der Waals surface area contributed by atoms with Crippen molar-refractivity contribution in [3.8, 4) is 0 Å². The number of anilines is 2. The smallest absolute Gasteiger partial charge is 0.301 e. The summed E-state index contributed by atoms with van der Waals surface area (Å²) in [5, 5.41) is 12.3. The quantitative estimate of drug-likeness (QED) is 0.571. The molecule has 132 valence electrons. The van der Waals surface area contributed by atoms with Crippen molar-refractivity contribution in [1.82, 2.24) is 15.0 Å². The van der Waals surface area contributed by atoms with E-state index in [1.54, 1.807) is 30.6 Å². The molecule has 1 saturated heterocycles. The highest BCUT2D eigenvalue weighted by Gasteiger charge is 2.28. The minimum absolute atomic E-state index is 0.110. The van der Waals surface area contributed by atoms with Gasteiger partial charge in [0.25, 0.3) is 0 Å². The second-order valence-electron chi connectivity index (χ2n) is 6.39. The third kappa shape index (κ3) is 2.90. The third-order valence-electron chi connectivity index (χ3n) is 4.79. The Bertz CT molecular complexity index is 977. The molecule has 2 N–H and O–H groups in total. The number of aromatic nitrogens is 3. The Labute approximate surface area is 149 Å². The predicted octanol–water partition coefficient (Wildman–Crippen LogP) is 2.90. The van der Waals surface area contributed by atoms with Gasteiger partial charge in [-0.25, -0.2) is 9.97 Å². The summed E-state index contributed by atoms with van der Waals surface area (Å²) in [6.07, 6.45) is 5.19. The van der Waals surface area contributed by atoms with Crippen molar-refractivity contribution in [3.05, 3.63) is 58.5 Å². The van der Waals surface area contributed by atoms with Crippen LogP contribution in [0.2, 0.25) is 0 Å². The lowest BCUT2D eigenvalue weighted by Crippen LogP contribution is -2.35. The second kappa shape index (κ2) is 6.55. The molecule has 1 aromatic carbocycles. The van der Waals surface area contributed by atoms with Crippen LogP contribution in [-0.4, -0.2) is 33.0 Å². The van der Waals surface area contributed by atoms with Crippen LogP contribution in [0.25, 0.3) is 10.9 Å². The summed E-state index contributed by atoms with van der Waals surface area (Å²) in [6.45, 7) is 1.42. The number of nitrogens with two attached hydrogens (primary N) is 1. The fraction of sp³-hybridized carbons (Fsp3) is 0.278. The highest BCUT2D eigenvalue weighted by atomic mass is 16.6. The lowest BCUT2D eigenvalue weighted by Gasteiger charge is -2.34. The normalized spacial score (nSPS) is 17.4. The van der Waals surface area contributed by atoms with Crippen molar-refractivity contribution in [2.75, 3.05) is 23.7 Å². The van der Waals surface area contributed by atoms with Crippen LogP contribution in [0.3, 0.4) is 0 Å². The summed E-state index contributed by atoms with van der Waals surface area (Å²) in [5.74, 6) is 0.417. The van der Waals surface area contributed by atoms with Gasteiger partial charge in [-0.3, -0.25) is 15.1 Å². The van der Waals surface area contributed by atoms with Crippen LogP contribution in [0.1, 0.15) is 24.5 Å². The molecule has 0 aliphatic carbocycles. The van der Waals surface area contributed by atoms with Gasteiger partial charge in [0.2, 0.25) is 5.95 Å². The summed E-state index contributed by atoms with van der Waals surface area (Å²) < 4.78 is 0. The summed E-state index contributed by atoms with van der Waals surface area (Å²) in [4.78, 5) is 26.0. The Hall–Kier alpha value is -3.29. The van der Waals surface area contributed by atoms with Crippen molar-refractivity contribution in [3.63, 3.8) is 0 Å². The number of hydrogen-bond acceptors (Lipinski definition) is 7. The van der Waals surface area contributed by atoms with Crippen LogP contribution in [-0.2, 0) is 0 Å². The van der Waals surface area contributed by atoms with E-state index < -0.39 is 0 Å². The van der Waals surface area contributed by atoms with Gasteiger partial charge in [0, 0.05) is 31.4 Å². The molecule has 0 bridgehead atoms. The summed E-state index contributed by atoms with van der Waals surface area (Å²) >= 11 is 0. The zero-order valence-corrected chi connectivity index (χ0v) is 14.1. The van der Waals surface area contributed by atoms with Gasteiger partial charge >= 0.3 is 5.69 Å². The third-order valence-corrected chi connectivity index (χ3v) is 4.79. The molecular formula is C18H18N6O2. The molecule has 4 rings (SSSR count). The number of piperidine rings is 1. The number of nitrogens with zero attached hydrogens (tertiary/aromatic N) is 5. The van der Waals surface area contributed by atoms with E-state index in [0.29, 0.717) is 23.1 Å². The van der Waals surface area contributed by atoms with E-state index in [1.165, 1.54) is 0 Å². The highest BCUT2D eigenvalue weighted by Crippen LogP contribution is 2.38. The predicted molar refractivity (Wildman–Crippen MR) is 99.0 cm³/mol. The Kier molecular flexibility index (Phi) is 4.08. The Morgan fingerprint density at radius 2 is 2.08 bits per heavy atom. The van der Waals surface area contributed by atoms with Crippen molar-refractivity contribution in [1.29, 1.82) is 0 Å². The van der Waals surface area contributed by atoms with Gasteiger partial charge in [-0.15, -0.1) is 0 Å². The lowest BCUT2D eigenvalue weighted by molar-refractivity contribution is -0.382. The molecule has 1 unspecified atom stereocenters. The lowest BCUT2D eigenvalue weighted by atomic mass is 9.94. The first-order chi connectivity index (χ1) is 12.6. The van der Waals surface area contributed by atoms with E-state index in [-0.39, 0.29) is 22.5 Å². The van der Waals surface area contributed by atoms with Crippen LogP contribution < -0.4 is 10.6 Å². The van der Waals surface area contributed by atoms with E-state index in [1.807, 2.05) is 12.1 Å². The van der Waals surface area contributed by atoms with E-state index in [0.717, 1.165) is 25.1 Å². The van der Waals surface area contributed by atoms with Crippen molar-refractivity contribution >= 4 is 28.2 Å². The molecule has 1 aliphatic rings. The molecule has 0 saturated carbocycles. The molecule has 1 aliphatic heterocycles. The minimum atomic E-state index is -0.314. The number of hydrogen-bond donors (Lipinski definition) is 1. The molecular weight excluding hydrogens is 332 g/mol. The minimum Gasteiger partial charge on any atom is -0.368 e. The summed E-state index contributed by atoms with van der Waals surface area (Å²) in [7, 11) is 0. The average molecular weight is 350 g/mol. The molecule has 3 heterocycles. The van der Waals surface area contributed by atoms with E-state index in [2.05, 4.69) is 19.9 Å². The van der Waals surface area contributed by atoms with Gasteiger partial charge in [0.05, 0.1) is 21.5 Å². The Morgan fingerprint density at radius 1 is 1.19 bits per heavy atom. The number of fused-ring (bicyclic) bond motifs is 1. The Morgan fingerprint density at radius 3 is 2.88 bits per heavy atom. The first-order valence-electron chi connectivity index (χ1n) is 8.49. The molecule has 1 atom stereocenters. The van der Waals surface area contributed by atoms with Gasteiger partial charge in [-0.2, -0.15) is 0 Å². The molecule has 2 aromatic heterocycles. The fourth-order valence-electron chi connectivity index (χ4n) is 3.63. The van der Waals surface area contributed by atoms with Gasteiger partial charge < -0.3 is 10.6 Å². The zero-order valence-electron chi connectivity index (χ0n) is 14.1. The van der Waals surface area contributed by atoms with Crippen LogP contribution >= 0.6 is 0 Å². The van der Waals surface area contributed by atoms with Gasteiger partial charge in [0.15, 0.2) is 0 Å². The van der Waals surface area contributed by atoms with Gasteiger partial charge in [-0.1, -0.05) is 0 Å². The number of pyridine rings is 1. The van der Waals surface area contributed by atoms with E-state index >= 15 is 0 Å². The van der Waals surface area contributed by atoms with Crippen molar-refractivity contribution < 1.29 is 4.92 Å².